The fourth-order valence-corrected chi connectivity index (χ4v) is 4.12. The zero-order chi connectivity index (χ0) is 20.3. The third kappa shape index (κ3) is 4.86. The topological polar surface area (TPSA) is 9.23 Å². The van der Waals surface area contributed by atoms with E-state index in [1.807, 2.05) is 44.2 Å². The highest BCUT2D eigenvalue weighted by Gasteiger charge is 2.30. The van der Waals surface area contributed by atoms with Gasteiger partial charge < -0.3 is 4.74 Å². The molecule has 28 heavy (non-hydrogen) atoms. The lowest BCUT2D eigenvalue weighted by atomic mass is 10.1. The molecule has 1 aliphatic rings. The van der Waals surface area contributed by atoms with Gasteiger partial charge in [0.2, 0.25) is 0 Å². The van der Waals surface area contributed by atoms with Gasteiger partial charge in [0.1, 0.15) is 5.76 Å². The van der Waals surface area contributed by atoms with Gasteiger partial charge in [0.25, 0.3) is 0 Å². The van der Waals surface area contributed by atoms with Crippen molar-refractivity contribution in [2.75, 3.05) is 6.61 Å². The molecule has 0 N–H and O–H groups in total. The largest absolute Gasteiger partial charge is 0.492 e. The normalized spacial score (nSPS) is 15.1. The summed E-state index contributed by atoms with van der Waals surface area (Å²) in [6, 6.07) is 7.34. The van der Waals surface area contributed by atoms with Crippen molar-refractivity contribution >= 4 is 11.3 Å². The molecule has 0 radical (unpaired) electrons. The van der Waals surface area contributed by atoms with Gasteiger partial charge in [-0.15, -0.1) is 17.1 Å². The molecule has 1 nitrogen and oxygen atoms in total. The number of alkyl halides is 3. The van der Waals surface area contributed by atoms with Crippen molar-refractivity contribution in [1.82, 2.24) is 0 Å². The molecule has 0 spiro atoms. The second-order valence-corrected chi connectivity index (χ2v) is 7.96. The van der Waals surface area contributed by atoms with E-state index in [4.69, 9.17) is 4.74 Å². The SMILES string of the molecule is CC1=CC=C(OCC(C)c2sc(-c3ccc(C(F)(F)F)cc3)cc2C)C=C=C1. The Balaban J connectivity index is 1.72. The van der Waals surface area contributed by atoms with Crippen LogP contribution in [0.3, 0.4) is 0 Å². The van der Waals surface area contributed by atoms with Gasteiger partial charge in [-0.2, -0.15) is 13.2 Å². The quantitative estimate of drug-likeness (QED) is 0.473. The number of thiophene rings is 1. The van der Waals surface area contributed by atoms with Crippen LogP contribution in [0.15, 0.2) is 71.7 Å². The fraction of sp³-hybridized carbons (Fsp3) is 0.261. The lowest BCUT2D eigenvalue weighted by Crippen LogP contribution is -2.03. The molecule has 1 heterocycles. The summed E-state index contributed by atoms with van der Waals surface area (Å²) in [6.45, 7) is 6.63. The highest BCUT2D eigenvalue weighted by Crippen LogP contribution is 2.37. The van der Waals surface area contributed by atoms with Gasteiger partial charge in [0.05, 0.1) is 12.2 Å². The molecule has 2 aromatic rings. The number of allylic oxidation sites excluding steroid dienone is 4. The first-order valence-electron chi connectivity index (χ1n) is 8.96. The van der Waals surface area contributed by atoms with Gasteiger partial charge in [0, 0.05) is 21.7 Å². The van der Waals surface area contributed by atoms with Crippen molar-refractivity contribution in [2.24, 2.45) is 0 Å². The molecule has 5 heteroatoms. The summed E-state index contributed by atoms with van der Waals surface area (Å²) in [7, 11) is 0. The maximum Gasteiger partial charge on any atom is 0.416 e. The molecule has 1 unspecified atom stereocenters. The number of aryl methyl sites for hydroxylation is 1. The van der Waals surface area contributed by atoms with Crippen LogP contribution in [0.1, 0.15) is 35.8 Å². The zero-order valence-electron chi connectivity index (χ0n) is 15.9. The first kappa shape index (κ1) is 20.2. The minimum Gasteiger partial charge on any atom is -0.492 e. The summed E-state index contributed by atoms with van der Waals surface area (Å²) < 4.78 is 44.2. The summed E-state index contributed by atoms with van der Waals surface area (Å²) in [5.41, 5.74) is 5.47. The Bertz CT molecular complexity index is 968. The van der Waals surface area contributed by atoms with Gasteiger partial charge in [-0.05, 0) is 60.9 Å². The second-order valence-electron chi connectivity index (χ2n) is 6.88. The van der Waals surface area contributed by atoms with Gasteiger partial charge in [-0.3, -0.25) is 0 Å². The predicted molar refractivity (Wildman–Crippen MR) is 108 cm³/mol. The Kier molecular flexibility index (Phi) is 5.97. The fourth-order valence-electron chi connectivity index (χ4n) is 2.90. The molecule has 1 atom stereocenters. The molecule has 0 saturated carbocycles. The molecule has 1 aliphatic carbocycles. The highest BCUT2D eigenvalue weighted by atomic mass is 32.1. The molecule has 0 amide bonds. The van der Waals surface area contributed by atoms with Crippen molar-refractivity contribution in [3.63, 3.8) is 0 Å². The summed E-state index contributed by atoms with van der Waals surface area (Å²) in [5, 5.41) is 0. The number of ether oxygens (including phenoxy) is 1. The maximum atomic E-state index is 12.8. The van der Waals surface area contributed by atoms with Crippen LogP contribution in [0.2, 0.25) is 0 Å². The average Bonchev–Trinajstić information content (AvgIpc) is 2.91. The smallest absolute Gasteiger partial charge is 0.416 e. The van der Waals surface area contributed by atoms with Crippen LogP contribution in [0.4, 0.5) is 13.2 Å². The van der Waals surface area contributed by atoms with E-state index >= 15 is 0 Å². The molecule has 146 valence electrons. The molecule has 3 rings (SSSR count). The molecule has 0 bridgehead atoms. The van der Waals surface area contributed by atoms with E-state index in [1.54, 1.807) is 11.3 Å². The van der Waals surface area contributed by atoms with Crippen LogP contribution in [-0.4, -0.2) is 6.61 Å². The Morgan fingerprint density at radius 3 is 2.46 bits per heavy atom. The summed E-state index contributed by atoms with van der Waals surface area (Å²) in [5.74, 6) is 0.928. The van der Waals surface area contributed by atoms with Gasteiger partial charge in [-0.25, -0.2) is 0 Å². The third-order valence-corrected chi connectivity index (χ3v) is 5.97. The lowest BCUT2D eigenvalue weighted by Gasteiger charge is -2.13. The van der Waals surface area contributed by atoms with Crippen LogP contribution in [-0.2, 0) is 10.9 Å². The minimum absolute atomic E-state index is 0.166. The number of benzene rings is 1. The molecule has 0 saturated heterocycles. The maximum absolute atomic E-state index is 12.8. The summed E-state index contributed by atoms with van der Waals surface area (Å²) in [6.07, 6.45) is 3.30. The summed E-state index contributed by atoms with van der Waals surface area (Å²) in [4.78, 5) is 2.14. The first-order chi connectivity index (χ1) is 13.2. The van der Waals surface area contributed by atoms with Crippen molar-refractivity contribution in [3.05, 3.63) is 87.7 Å². The van der Waals surface area contributed by atoms with Crippen LogP contribution in [0.25, 0.3) is 10.4 Å². The number of hydrogen-bond acceptors (Lipinski definition) is 2. The Labute approximate surface area is 167 Å². The van der Waals surface area contributed by atoms with Crippen LogP contribution in [0.5, 0.6) is 0 Å². The van der Waals surface area contributed by atoms with Gasteiger partial charge >= 0.3 is 6.18 Å². The number of halogens is 3. The van der Waals surface area contributed by atoms with Crippen LogP contribution >= 0.6 is 11.3 Å². The Morgan fingerprint density at radius 2 is 1.79 bits per heavy atom. The number of rotatable bonds is 5. The highest BCUT2D eigenvalue weighted by molar-refractivity contribution is 7.15. The molecular weight excluding hydrogens is 381 g/mol. The van der Waals surface area contributed by atoms with E-state index in [0.29, 0.717) is 6.61 Å². The third-order valence-electron chi connectivity index (χ3n) is 4.45. The molecular formula is C23H21F3OS. The van der Waals surface area contributed by atoms with E-state index in [1.165, 1.54) is 17.0 Å². The van der Waals surface area contributed by atoms with Crippen LogP contribution < -0.4 is 0 Å². The summed E-state index contributed by atoms with van der Waals surface area (Å²) >= 11 is 1.60. The Hall–Kier alpha value is -2.49. The zero-order valence-corrected chi connectivity index (χ0v) is 16.7. The van der Waals surface area contributed by atoms with Crippen molar-refractivity contribution in [3.8, 4) is 10.4 Å². The van der Waals surface area contributed by atoms with Crippen molar-refractivity contribution < 1.29 is 17.9 Å². The standard InChI is InChI=1S/C23H21F3OS/c1-15-5-4-6-20(12-7-15)27-14-17(3)22-16(2)13-21(28-22)18-8-10-19(11-9-18)23(24,25)26/h5-13,17H,14H2,1-3H3. The van der Waals surface area contributed by atoms with E-state index in [2.05, 4.69) is 12.7 Å². The van der Waals surface area contributed by atoms with Gasteiger partial charge in [-0.1, -0.05) is 25.1 Å². The average molecular weight is 402 g/mol. The molecule has 1 aromatic carbocycles. The first-order valence-corrected chi connectivity index (χ1v) is 9.77. The monoisotopic (exact) mass is 402 g/mol. The van der Waals surface area contributed by atoms with Crippen LogP contribution in [0, 0.1) is 6.92 Å². The molecule has 0 fully saturated rings. The minimum atomic E-state index is -4.31. The van der Waals surface area contributed by atoms with E-state index in [-0.39, 0.29) is 5.92 Å². The number of hydrogen-bond donors (Lipinski definition) is 0. The van der Waals surface area contributed by atoms with E-state index < -0.39 is 11.7 Å². The Morgan fingerprint density at radius 1 is 1.07 bits per heavy atom. The van der Waals surface area contributed by atoms with E-state index in [9.17, 15) is 13.2 Å². The molecule has 1 aromatic heterocycles. The van der Waals surface area contributed by atoms with E-state index in [0.717, 1.165) is 39.5 Å². The molecule has 0 aliphatic heterocycles. The lowest BCUT2D eigenvalue weighted by molar-refractivity contribution is -0.137. The van der Waals surface area contributed by atoms with Crippen molar-refractivity contribution in [2.45, 2.75) is 32.9 Å². The van der Waals surface area contributed by atoms with Crippen molar-refractivity contribution in [1.29, 1.82) is 0 Å². The second kappa shape index (κ2) is 8.26. The van der Waals surface area contributed by atoms with Gasteiger partial charge in [0.15, 0.2) is 0 Å². The predicted octanol–water partition coefficient (Wildman–Crippen LogP) is 7.42.